The van der Waals surface area contributed by atoms with E-state index in [1.807, 2.05) is 12.3 Å². The minimum absolute atomic E-state index is 0.365. The van der Waals surface area contributed by atoms with Crippen molar-refractivity contribution >= 4 is 29.3 Å². The lowest BCUT2D eigenvalue weighted by atomic mass is 10.1. The van der Waals surface area contributed by atoms with Crippen LogP contribution in [-0.4, -0.2) is 29.5 Å². The molecule has 1 rings (SSSR count). The average molecular weight is 268 g/mol. The maximum Gasteiger partial charge on any atom is 0.330 e. The Kier molecular flexibility index (Phi) is 4.61. The summed E-state index contributed by atoms with van der Waals surface area (Å²) in [6.45, 7) is 5.05. The molecule has 6 heteroatoms. The van der Waals surface area contributed by atoms with Crippen LogP contribution in [0.15, 0.2) is 11.5 Å². The van der Waals surface area contributed by atoms with Crippen molar-refractivity contribution in [2.24, 2.45) is 0 Å². The number of thiazole rings is 1. The van der Waals surface area contributed by atoms with Crippen LogP contribution < -0.4 is 5.32 Å². The van der Waals surface area contributed by atoms with Crippen LogP contribution in [0.3, 0.4) is 0 Å². The Balaban J connectivity index is 2.62. The fourth-order valence-corrected chi connectivity index (χ4v) is 1.85. The molecule has 18 heavy (non-hydrogen) atoms. The molecule has 0 aliphatic rings. The van der Waals surface area contributed by atoms with E-state index in [1.165, 1.54) is 24.5 Å². The van der Waals surface area contributed by atoms with E-state index >= 15 is 0 Å². The molecule has 1 heterocycles. The molecule has 1 N–H and O–H groups in total. The number of nitrogens with one attached hydrogen (secondary N) is 1. The Labute approximate surface area is 110 Å². The molecule has 0 unspecified atom stereocenters. The number of hydrogen-bond acceptors (Lipinski definition) is 5. The number of aromatic nitrogens is 1. The molecule has 1 aromatic rings. The van der Waals surface area contributed by atoms with Gasteiger partial charge in [0.25, 0.3) is 0 Å². The van der Waals surface area contributed by atoms with E-state index in [4.69, 9.17) is 0 Å². The zero-order chi connectivity index (χ0) is 13.8. The van der Waals surface area contributed by atoms with Gasteiger partial charge in [-0.05, 0) is 26.8 Å². The van der Waals surface area contributed by atoms with E-state index < -0.39 is 11.5 Å². The van der Waals surface area contributed by atoms with E-state index in [2.05, 4.69) is 15.0 Å². The number of carbonyl (C=O) groups excluding carboxylic acids is 2. The highest BCUT2D eigenvalue weighted by molar-refractivity contribution is 7.09. The number of methoxy groups -OCH3 is 1. The standard InChI is InChI=1S/C12H16N2O3S/c1-8-13-9(7-18-8)5-6-10(15)14-12(2,3)11(16)17-4/h5-7H,1-4H3,(H,14,15). The lowest BCUT2D eigenvalue weighted by Crippen LogP contribution is -2.49. The van der Waals surface area contributed by atoms with Crippen molar-refractivity contribution in [1.82, 2.24) is 10.3 Å². The molecule has 0 saturated carbocycles. The smallest absolute Gasteiger partial charge is 0.330 e. The van der Waals surface area contributed by atoms with Gasteiger partial charge >= 0.3 is 5.97 Å². The van der Waals surface area contributed by atoms with Crippen LogP contribution in [0.4, 0.5) is 0 Å². The van der Waals surface area contributed by atoms with Gasteiger partial charge in [-0.1, -0.05) is 0 Å². The van der Waals surface area contributed by atoms with Crippen molar-refractivity contribution in [3.8, 4) is 0 Å². The highest BCUT2D eigenvalue weighted by Gasteiger charge is 2.29. The van der Waals surface area contributed by atoms with Crippen LogP contribution in [-0.2, 0) is 14.3 Å². The van der Waals surface area contributed by atoms with Crippen molar-refractivity contribution in [2.75, 3.05) is 7.11 Å². The lowest BCUT2D eigenvalue weighted by Gasteiger charge is -2.21. The van der Waals surface area contributed by atoms with Crippen molar-refractivity contribution in [3.63, 3.8) is 0 Å². The summed E-state index contributed by atoms with van der Waals surface area (Å²) in [4.78, 5) is 27.2. The second-order valence-corrected chi connectivity index (χ2v) is 5.29. The summed E-state index contributed by atoms with van der Waals surface area (Å²) in [6.07, 6.45) is 2.95. The second-order valence-electron chi connectivity index (χ2n) is 4.23. The highest BCUT2D eigenvalue weighted by Crippen LogP contribution is 2.09. The number of nitrogens with zero attached hydrogens (tertiary/aromatic N) is 1. The van der Waals surface area contributed by atoms with Crippen LogP contribution in [0.1, 0.15) is 24.5 Å². The van der Waals surface area contributed by atoms with Crippen molar-refractivity contribution < 1.29 is 14.3 Å². The Morgan fingerprint density at radius 3 is 2.67 bits per heavy atom. The first-order chi connectivity index (χ1) is 8.35. The average Bonchev–Trinajstić information content (AvgIpc) is 2.70. The number of aryl methyl sites for hydroxylation is 1. The van der Waals surface area contributed by atoms with Crippen molar-refractivity contribution in [3.05, 3.63) is 22.2 Å². The molecular formula is C12H16N2O3S. The number of carbonyl (C=O) groups is 2. The van der Waals surface area contributed by atoms with Crippen LogP contribution in [0, 0.1) is 6.92 Å². The SMILES string of the molecule is COC(=O)C(C)(C)NC(=O)C=Cc1csc(C)n1. The van der Waals surface area contributed by atoms with E-state index in [1.54, 1.807) is 19.9 Å². The van der Waals surface area contributed by atoms with Gasteiger partial charge in [-0.25, -0.2) is 9.78 Å². The lowest BCUT2D eigenvalue weighted by molar-refractivity contribution is -0.148. The van der Waals surface area contributed by atoms with Gasteiger partial charge in [-0.2, -0.15) is 0 Å². The molecule has 1 aromatic heterocycles. The number of amides is 1. The normalized spacial score (nSPS) is 11.6. The summed E-state index contributed by atoms with van der Waals surface area (Å²) in [6, 6.07) is 0. The first-order valence-electron chi connectivity index (χ1n) is 5.36. The van der Waals surface area contributed by atoms with Crippen molar-refractivity contribution in [2.45, 2.75) is 26.3 Å². The summed E-state index contributed by atoms with van der Waals surface area (Å²) in [5.41, 5.74) is -0.322. The Hall–Kier alpha value is -1.69. The summed E-state index contributed by atoms with van der Waals surface area (Å²) >= 11 is 1.51. The molecule has 0 aliphatic carbocycles. The first-order valence-corrected chi connectivity index (χ1v) is 6.24. The van der Waals surface area contributed by atoms with Gasteiger partial charge in [-0.15, -0.1) is 11.3 Å². The fraction of sp³-hybridized carbons (Fsp3) is 0.417. The minimum Gasteiger partial charge on any atom is -0.467 e. The molecule has 5 nitrogen and oxygen atoms in total. The van der Waals surface area contributed by atoms with E-state index in [-0.39, 0.29) is 5.91 Å². The topological polar surface area (TPSA) is 68.3 Å². The highest BCUT2D eigenvalue weighted by atomic mass is 32.1. The molecule has 0 saturated heterocycles. The van der Waals surface area contributed by atoms with E-state index in [0.29, 0.717) is 0 Å². The fourth-order valence-electron chi connectivity index (χ4n) is 1.27. The third-order valence-corrected chi connectivity index (χ3v) is 2.97. The quantitative estimate of drug-likeness (QED) is 0.664. The summed E-state index contributed by atoms with van der Waals surface area (Å²) < 4.78 is 4.59. The monoisotopic (exact) mass is 268 g/mol. The predicted molar refractivity (Wildman–Crippen MR) is 70.1 cm³/mol. The van der Waals surface area contributed by atoms with Crippen LogP contribution in [0.2, 0.25) is 0 Å². The van der Waals surface area contributed by atoms with Gasteiger partial charge in [0, 0.05) is 11.5 Å². The van der Waals surface area contributed by atoms with Crippen molar-refractivity contribution in [1.29, 1.82) is 0 Å². The molecule has 0 bridgehead atoms. The van der Waals surface area contributed by atoms with Crippen LogP contribution >= 0.6 is 11.3 Å². The van der Waals surface area contributed by atoms with Gasteiger partial charge in [-0.3, -0.25) is 4.79 Å². The predicted octanol–water partition coefficient (Wildman–Crippen LogP) is 1.53. The Morgan fingerprint density at radius 2 is 2.17 bits per heavy atom. The molecule has 0 aromatic carbocycles. The number of ether oxygens (including phenoxy) is 1. The number of rotatable bonds is 4. The summed E-state index contributed by atoms with van der Waals surface area (Å²) in [7, 11) is 1.28. The largest absolute Gasteiger partial charge is 0.467 e. The summed E-state index contributed by atoms with van der Waals surface area (Å²) in [5.74, 6) is -0.857. The van der Waals surface area contributed by atoms with Gasteiger partial charge < -0.3 is 10.1 Å². The molecule has 0 radical (unpaired) electrons. The Morgan fingerprint density at radius 1 is 1.50 bits per heavy atom. The zero-order valence-electron chi connectivity index (χ0n) is 10.8. The second kappa shape index (κ2) is 5.77. The molecule has 0 spiro atoms. The van der Waals surface area contributed by atoms with Crippen LogP contribution in [0.25, 0.3) is 6.08 Å². The summed E-state index contributed by atoms with van der Waals surface area (Å²) in [5, 5.41) is 5.35. The molecule has 0 fully saturated rings. The van der Waals surface area contributed by atoms with Crippen LogP contribution in [0.5, 0.6) is 0 Å². The minimum atomic E-state index is -1.05. The van der Waals surface area contributed by atoms with E-state index in [0.717, 1.165) is 10.7 Å². The molecule has 1 amide bonds. The Bertz CT molecular complexity index is 477. The van der Waals surface area contributed by atoms with E-state index in [9.17, 15) is 9.59 Å². The first kappa shape index (κ1) is 14.4. The molecule has 0 atom stereocenters. The zero-order valence-corrected chi connectivity index (χ0v) is 11.6. The maximum atomic E-state index is 11.6. The molecule has 98 valence electrons. The van der Waals surface area contributed by atoms with Gasteiger partial charge in [0.1, 0.15) is 5.54 Å². The van der Waals surface area contributed by atoms with Gasteiger partial charge in [0.15, 0.2) is 0 Å². The maximum absolute atomic E-state index is 11.6. The number of hydrogen-bond donors (Lipinski definition) is 1. The molecular weight excluding hydrogens is 252 g/mol. The van der Waals surface area contributed by atoms with Gasteiger partial charge in [0.05, 0.1) is 17.8 Å². The third-order valence-electron chi connectivity index (χ3n) is 2.17. The number of esters is 1. The van der Waals surface area contributed by atoms with Gasteiger partial charge in [0.2, 0.25) is 5.91 Å². The third kappa shape index (κ3) is 3.96. The molecule has 0 aliphatic heterocycles.